The number of hydrogen-bond acceptors (Lipinski definition) is 3. The van der Waals surface area contributed by atoms with Crippen molar-refractivity contribution in [1.29, 1.82) is 0 Å². The minimum absolute atomic E-state index is 0.0541. The van der Waals surface area contributed by atoms with E-state index in [9.17, 15) is 9.59 Å². The Labute approximate surface area is 119 Å². The van der Waals surface area contributed by atoms with Crippen molar-refractivity contribution in [3.05, 3.63) is 29.3 Å². The van der Waals surface area contributed by atoms with Crippen LogP contribution < -0.4 is 5.32 Å². The Hall–Kier alpha value is -1.88. The number of carboxylic acids is 1. The van der Waals surface area contributed by atoms with Crippen molar-refractivity contribution in [2.45, 2.75) is 33.2 Å². The van der Waals surface area contributed by atoms with E-state index in [0.717, 1.165) is 16.8 Å². The molecule has 0 saturated carbocycles. The molecule has 1 atom stereocenters. The molecule has 0 fully saturated rings. The largest absolute Gasteiger partial charge is 0.480 e. The summed E-state index contributed by atoms with van der Waals surface area (Å²) in [5.74, 6) is -1.11. The van der Waals surface area contributed by atoms with Crippen LogP contribution in [0.5, 0.6) is 0 Å². The number of anilines is 1. The number of carboxylic acid groups (broad SMARTS) is 1. The van der Waals surface area contributed by atoms with Gasteiger partial charge in [0.05, 0.1) is 6.54 Å². The van der Waals surface area contributed by atoms with Gasteiger partial charge < -0.3 is 10.4 Å². The van der Waals surface area contributed by atoms with Gasteiger partial charge in [0.25, 0.3) is 0 Å². The van der Waals surface area contributed by atoms with E-state index in [1.807, 2.05) is 32.0 Å². The number of hydrogen-bond donors (Lipinski definition) is 2. The molecule has 0 saturated heterocycles. The lowest BCUT2D eigenvalue weighted by Crippen LogP contribution is -2.42. The second-order valence-corrected chi connectivity index (χ2v) is 4.99. The molecule has 110 valence electrons. The molecule has 1 aromatic rings. The van der Waals surface area contributed by atoms with Gasteiger partial charge in [0.1, 0.15) is 6.04 Å². The van der Waals surface area contributed by atoms with Crippen LogP contribution in [0.25, 0.3) is 0 Å². The van der Waals surface area contributed by atoms with Crippen LogP contribution in [0, 0.1) is 13.8 Å². The molecule has 0 bridgehead atoms. The summed E-state index contributed by atoms with van der Waals surface area (Å²) in [4.78, 5) is 24.6. The molecular weight excluding hydrogens is 256 g/mol. The Morgan fingerprint density at radius 2 is 1.85 bits per heavy atom. The maximum Gasteiger partial charge on any atom is 0.320 e. The number of nitrogens with one attached hydrogen (secondary N) is 1. The number of nitrogens with zero attached hydrogens (tertiary/aromatic N) is 1. The van der Waals surface area contributed by atoms with Gasteiger partial charge in [0.2, 0.25) is 5.91 Å². The number of carbonyl (C=O) groups excluding carboxylic acids is 1. The van der Waals surface area contributed by atoms with Crippen LogP contribution in [-0.4, -0.2) is 41.5 Å². The van der Waals surface area contributed by atoms with Crippen LogP contribution >= 0.6 is 0 Å². The summed E-state index contributed by atoms with van der Waals surface area (Å²) in [5.41, 5.74) is 2.78. The molecule has 0 aromatic heterocycles. The lowest BCUT2D eigenvalue weighted by Gasteiger charge is -2.23. The Balaban J connectivity index is 2.71. The van der Waals surface area contributed by atoms with Gasteiger partial charge in [0, 0.05) is 5.69 Å². The summed E-state index contributed by atoms with van der Waals surface area (Å²) in [5, 5.41) is 11.9. The third kappa shape index (κ3) is 4.06. The van der Waals surface area contributed by atoms with Crippen molar-refractivity contribution in [2.75, 3.05) is 18.9 Å². The molecule has 1 aromatic carbocycles. The average Bonchev–Trinajstić information content (AvgIpc) is 2.34. The Kier molecular flexibility index (Phi) is 5.70. The molecular formula is C15H22N2O3. The van der Waals surface area contributed by atoms with Crippen molar-refractivity contribution in [2.24, 2.45) is 0 Å². The molecule has 1 rings (SSSR count). The number of likely N-dealkylation sites (N-methyl/N-ethyl adjacent to an activating group) is 1. The minimum atomic E-state index is -0.908. The first-order valence-electron chi connectivity index (χ1n) is 6.66. The minimum Gasteiger partial charge on any atom is -0.480 e. The zero-order chi connectivity index (χ0) is 15.3. The van der Waals surface area contributed by atoms with Crippen molar-refractivity contribution in [3.63, 3.8) is 0 Å². The van der Waals surface area contributed by atoms with Crippen LogP contribution in [0.15, 0.2) is 18.2 Å². The Morgan fingerprint density at radius 1 is 1.30 bits per heavy atom. The SMILES string of the molecule is CCC(C(=O)O)N(C)CC(=O)Nc1c(C)cccc1C. The van der Waals surface area contributed by atoms with Crippen molar-refractivity contribution >= 4 is 17.6 Å². The highest BCUT2D eigenvalue weighted by atomic mass is 16.4. The molecule has 5 heteroatoms. The number of amides is 1. The summed E-state index contributed by atoms with van der Waals surface area (Å²) in [6.45, 7) is 5.70. The number of para-hydroxylation sites is 1. The number of carbonyl (C=O) groups is 2. The fourth-order valence-corrected chi connectivity index (χ4v) is 2.20. The third-order valence-corrected chi connectivity index (χ3v) is 3.34. The van der Waals surface area contributed by atoms with Crippen molar-refractivity contribution < 1.29 is 14.7 Å². The maximum atomic E-state index is 12.0. The molecule has 5 nitrogen and oxygen atoms in total. The highest BCUT2D eigenvalue weighted by Crippen LogP contribution is 2.19. The van der Waals surface area contributed by atoms with Gasteiger partial charge >= 0.3 is 5.97 Å². The van der Waals surface area contributed by atoms with Crippen LogP contribution in [0.3, 0.4) is 0 Å². The first-order chi connectivity index (χ1) is 9.36. The normalized spacial score (nSPS) is 12.2. The van der Waals surface area contributed by atoms with Crippen LogP contribution in [0.2, 0.25) is 0 Å². The molecule has 0 aliphatic rings. The van der Waals surface area contributed by atoms with E-state index < -0.39 is 12.0 Å². The van der Waals surface area contributed by atoms with E-state index in [-0.39, 0.29) is 12.5 Å². The molecule has 20 heavy (non-hydrogen) atoms. The fourth-order valence-electron chi connectivity index (χ4n) is 2.20. The zero-order valence-electron chi connectivity index (χ0n) is 12.4. The molecule has 1 amide bonds. The monoisotopic (exact) mass is 278 g/mol. The predicted octanol–water partition coefficient (Wildman–Crippen LogP) is 2.04. The first kappa shape index (κ1) is 16.2. The molecule has 0 heterocycles. The highest BCUT2D eigenvalue weighted by molar-refractivity contribution is 5.94. The number of benzene rings is 1. The summed E-state index contributed by atoms with van der Waals surface area (Å²) < 4.78 is 0. The molecule has 0 radical (unpaired) electrons. The van der Waals surface area contributed by atoms with Crippen molar-refractivity contribution in [3.8, 4) is 0 Å². The van der Waals surface area contributed by atoms with Crippen LogP contribution in [0.4, 0.5) is 5.69 Å². The van der Waals surface area contributed by atoms with E-state index in [1.54, 1.807) is 18.9 Å². The number of aliphatic carboxylic acids is 1. The Bertz CT molecular complexity index is 480. The Morgan fingerprint density at radius 3 is 2.30 bits per heavy atom. The first-order valence-corrected chi connectivity index (χ1v) is 6.66. The van der Waals surface area contributed by atoms with Crippen LogP contribution in [0.1, 0.15) is 24.5 Å². The van der Waals surface area contributed by atoms with Crippen molar-refractivity contribution in [1.82, 2.24) is 4.90 Å². The molecule has 2 N–H and O–H groups in total. The van der Waals surface area contributed by atoms with Gasteiger partial charge in [-0.2, -0.15) is 0 Å². The zero-order valence-corrected chi connectivity index (χ0v) is 12.4. The fraction of sp³-hybridized carbons (Fsp3) is 0.467. The summed E-state index contributed by atoms with van der Waals surface area (Å²) in [7, 11) is 1.65. The molecule has 0 aliphatic heterocycles. The lowest BCUT2D eigenvalue weighted by molar-refractivity contribution is -0.143. The highest BCUT2D eigenvalue weighted by Gasteiger charge is 2.22. The third-order valence-electron chi connectivity index (χ3n) is 3.34. The van der Waals surface area contributed by atoms with E-state index >= 15 is 0 Å². The summed E-state index contributed by atoms with van der Waals surface area (Å²) >= 11 is 0. The second kappa shape index (κ2) is 7.05. The van der Waals surface area contributed by atoms with Gasteiger partial charge in [-0.15, -0.1) is 0 Å². The standard InChI is InChI=1S/C15H22N2O3/c1-5-12(15(19)20)17(4)9-13(18)16-14-10(2)7-6-8-11(14)3/h6-8,12H,5,9H2,1-4H3,(H,16,18)(H,19,20). The average molecular weight is 278 g/mol. The summed E-state index contributed by atoms with van der Waals surface area (Å²) in [6, 6.07) is 5.15. The lowest BCUT2D eigenvalue weighted by atomic mass is 10.1. The second-order valence-electron chi connectivity index (χ2n) is 4.99. The summed E-state index contributed by atoms with van der Waals surface area (Å²) in [6.07, 6.45) is 0.461. The van der Waals surface area contributed by atoms with Gasteiger partial charge in [-0.25, -0.2) is 0 Å². The van der Waals surface area contributed by atoms with E-state index in [1.165, 1.54) is 0 Å². The van der Waals surface area contributed by atoms with Gasteiger partial charge in [0.15, 0.2) is 0 Å². The topological polar surface area (TPSA) is 69.6 Å². The van der Waals surface area contributed by atoms with Gasteiger partial charge in [-0.05, 0) is 38.4 Å². The molecule has 0 spiro atoms. The number of aryl methyl sites for hydroxylation is 2. The smallest absolute Gasteiger partial charge is 0.320 e. The van der Waals surface area contributed by atoms with E-state index in [2.05, 4.69) is 5.32 Å². The van der Waals surface area contributed by atoms with Gasteiger partial charge in [-0.3, -0.25) is 14.5 Å². The van der Waals surface area contributed by atoms with Crippen LogP contribution in [-0.2, 0) is 9.59 Å². The maximum absolute atomic E-state index is 12.0. The predicted molar refractivity (Wildman–Crippen MR) is 78.9 cm³/mol. The molecule has 0 aliphatic carbocycles. The van der Waals surface area contributed by atoms with Gasteiger partial charge in [-0.1, -0.05) is 25.1 Å². The van der Waals surface area contributed by atoms with E-state index in [0.29, 0.717) is 6.42 Å². The van der Waals surface area contributed by atoms with E-state index in [4.69, 9.17) is 5.11 Å². The number of rotatable bonds is 6. The quantitative estimate of drug-likeness (QED) is 0.835. The molecule has 1 unspecified atom stereocenters.